The summed E-state index contributed by atoms with van der Waals surface area (Å²) >= 11 is 0. The first-order valence-electron chi connectivity index (χ1n) is 14.6. The average molecular weight is 638 g/mol. The highest BCUT2D eigenvalue weighted by atomic mass is 16.5. The number of carbonyl (C=O) groups is 6. The fraction of sp³-hybridized carbons (Fsp3) is 0.586. The lowest BCUT2D eigenvalue weighted by molar-refractivity contribution is -0.126. The first-order valence-corrected chi connectivity index (χ1v) is 14.6. The maximum absolute atomic E-state index is 13.2. The Morgan fingerprint density at radius 2 is 1.40 bits per heavy atom. The minimum Gasteiger partial charge on any atom is -0.378 e. The van der Waals surface area contributed by atoms with Crippen molar-refractivity contribution in [2.45, 2.75) is 18.9 Å². The minimum atomic E-state index is -1.17. The Kier molecular flexibility index (Phi) is 18.1. The zero-order valence-corrected chi connectivity index (χ0v) is 25.7. The number of imide groups is 1. The van der Waals surface area contributed by atoms with Crippen LogP contribution in [0.2, 0.25) is 0 Å². The molecule has 1 heterocycles. The normalized spacial score (nSPS) is 13.0. The number of fused-ring (bicyclic) bond motifs is 1. The maximum Gasteiger partial charge on any atom is 0.264 e. The molecule has 2 rings (SSSR count). The topological polar surface area (TPSA) is 200 Å². The second-order valence-corrected chi connectivity index (χ2v) is 9.53. The van der Waals surface area contributed by atoms with Gasteiger partial charge in [-0.25, -0.2) is 0 Å². The van der Waals surface area contributed by atoms with Crippen molar-refractivity contribution in [3.63, 3.8) is 0 Å². The van der Waals surface area contributed by atoms with Gasteiger partial charge in [-0.1, -0.05) is 6.07 Å². The van der Waals surface area contributed by atoms with Crippen LogP contribution >= 0.6 is 0 Å². The Hall–Kier alpha value is -3.80. The number of benzene rings is 1. The Bertz CT molecular complexity index is 1130. The molecule has 45 heavy (non-hydrogen) atoms. The van der Waals surface area contributed by atoms with E-state index < -0.39 is 29.7 Å². The Morgan fingerprint density at radius 3 is 2.02 bits per heavy atom. The highest BCUT2D eigenvalue weighted by molar-refractivity contribution is 6.25. The number of ether oxygens (including phenoxy) is 5. The number of anilines is 1. The summed E-state index contributed by atoms with van der Waals surface area (Å²) in [6, 6.07) is 3.23. The Labute approximate surface area is 261 Å². The molecule has 0 aromatic heterocycles. The molecule has 0 spiro atoms. The smallest absolute Gasteiger partial charge is 0.264 e. The van der Waals surface area contributed by atoms with Crippen LogP contribution in [-0.2, 0) is 42.9 Å². The monoisotopic (exact) mass is 637 g/mol. The van der Waals surface area contributed by atoms with Crippen LogP contribution in [0.4, 0.5) is 5.69 Å². The average Bonchev–Trinajstić information content (AvgIpc) is 3.29. The van der Waals surface area contributed by atoms with Gasteiger partial charge in [-0.3, -0.25) is 28.9 Å². The van der Waals surface area contributed by atoms with Gasteiger partial charge < -0.3 is 49.7 Å². The molecule has 1 aromatic rings. The van der Waals surface area contributed by atoms with Crippen molar-refractivity contribution in [3.05, 3.63) is 29.3 Å². The molecule has 0 aliphatic carbocycles. The highest BCUT2D eigenvalue weighted by Gasteiger charge is 2.43. The third-order valence-corrected chi connectivity index (χ3v) is 6.29. The van der Waals surface area contributed by atoms with Gasteiger partial charge >= 0.3 is 0 Å². The van der Waals surface area contributed by atoms with E-state index in [-0.39, 0.29) is 75.2 Å². The molecule has 1 unspecified atom stereocenters. The van der Waals surface area contributed by atoms with Gasteiger partial charge in [-0.2, -0.15) is 0 Å². The molecule has 16 nitrogen and oxygen atoms in total. The first kappa shape index (κ1) is 37.4. The van der Waals surface area contributed by atoms with Crippen LogP contribution in [0.1, 0.15) is 33.6 Å². The standard InChI is InChI=1S/C29H43N5O11/c1-30-8-11-41-13-14-42-12-9-32-24(36)19-44-17-15-43-16-18-45-20-25(37)33-22-6-3-5-21-26(22)29(40)34(28(21)39)23(7-4-10-35)27(38)31-2/h3,5-6,10,23,30H,4,7-9,11-20H2,1-2H3,(H,31,38)(H,32,36)(H,33,37). The quantitative estimate of drug-likeness (QED) is 0.0564. The summed E-state index contributed by atoms with van der Waals surface area (Å²) in [4.78, 5) is 74.4. The first-order chi connectivity index (χ1) is 21.8. The van der Waals surface area contributed by atoms with E-state index in [0.29, 0.717) is 39.3 Å². The van der Waals surface area contributed by atoms with Gasteiger partial charge in [0.15, 0.2) is 0 Å². The predicted octanol–water partition coefficient (Wildman–Crippen LogP) is -1.27. The summed E-state index contributed by atoms with van der Waals surface area (Å²) in [5.41, 5.74) is 0.101. The summed E-state index contributed by atoms with van der Waals surface area (Å²) in [5.74, 6) is -2.86. The Morgan fingerprint density at radius 1 is 0.800 bits per heavy atom. The molecule has 4 N–H and O–H groups in total. The molecule has 1 aliphatic heterocycles. The molecule has 1 aliphatic rings. The van der Waals surface area contributed by atoms with Crippen LogP contribution < -0.4 is 21.3 Å². The third-order valence-electron chi connectivity index (χ3n) is 6.29. The Balaban J connectivity index is 1.61. The van der Waals surface area contributed by atoms with Crippen molar-refractivity contribution < 1.29 is 52.5 Å². The van der Waals surface area contributed by atoms with Gasteiger partial charge in [-0.15, -0.1) is 0 Å². The predicted molar refractivity (Wildman–Crippen MR) is 160 cm³/mol. The molecule has 0 fully saturated rings. The van der Waals surface area contributed by atoms with Crippen LogP contribution in [0.15, 0.2) is 18.2 Å². The van der Waals surface area contributed by atoms with Gasteiger partial charge in [0.2, 0.25) is 17.7 Å². The van der Waals surface area contributed by atoms with Gasteiger partial charge in [0.1, 0.15) is 25.5 Å². The van der Waals surface area contributed by atoms with Crippen molar-refractivity contribution >= 4 is 41.5 Å². The second-order valence-electron chi connectivity index (χ2n) is 9.53. The minimum absolute atomic E-state index is 0.0221. The van der Waals surface area contributed by atoms with Crippen molar-refractivity contribution in [2.75, 3.05) is 98.6 Å². The second kappa shape index (κ2) is 21.8. The number of hydrogen-bond donors (Lipinski definition) is 4. The van der Waals surface area contributed by atoms with Crippen molar-refractivity contribution in [1.82, 2.24) is 20.9 Å². The number of hydrogen-bond acceptors (Lipinski definition) is 12. The molecular formula is C29H43N5O11. The van der Waals surface area contributed by atoms with Crippen LogP contribution in [0, 0.1) is 0 Å². The molecule has 16 heteroatoms. The summed E-state index contributed by atoms with van der Waals surface area (Å²) in [6.07, 6.45) is 0.551. The van der Waals surface area contributed by atoms with Crippen LogP contribution in [0.5, 0.6) is 0 Å². The summed E-state index contributed by atoms with van der Waals surface area (Å²) in [5, 5.41) is 10.6. The fourth-order valence-electron chi connectivity index (χ4n) is 4.12. The summed E-state index contributed by atoms with van der Waals surface area (Å²) < 4.78 is 26.6. The van der Waals surface area contributed by atoms with Gasteiger partial charge in [0.05, 0.1) is 69.7 Å². The zero-order valence-electron chi connectivity index (χ0n) is 25.7. The molecule has 1 aromatic carbocycles. The third kappa shape index (κ3) is 13.0. The number of carbonyl (C=O) groups excluding carboxylic acids is 6. The van der Waals surface area contributed by atoms with Crippen molar-refractivity contribution in [3.8, 4) is 0 Å². The van der Waals surface area contributed by atoms with E-state index in [1.54, 1.807) is 0 Å². The molecule has 1 atom stereocenters. The molecule has 0 radical (unpaired) electrons. The van der Waals surface area contributed by atoms with Crippen LogP contribution in [0.25, 0.3) is 0 Å². The fourth-order valence-corrected chi connectivity index (χ4v) is 4.12. The molecule has 5 amide bonds. The van der Waals surface area contributed by atoms with E-state index in [0.717, 1.165) is 11.4 Å². The molecule has 250 valence electrons. The number of aldehydes is 1. The summed E-state index contributed by atoms with van der Waals surface area (Å²) in [6.45, 7) is 3.27. The lowest BCUT2D eigenvalue weighted by Gasteiger charge is -2.24. The summed E-state index contributed by atoms with van der Waals surface area (Å²) in [7, 11) is 3.21. The molecule has 0 saturated carbocycles. The van der Waals surface area contributed by atoms with E-state index in [9.17, 15) is 28.8 Å². The highest BCUT2D eigenvalue weighted by Crippen LogP contribution is 2.31. The van der Waals surface area contributed by atoms with E-state index in [2.05, 4.69) is 21.3 Å². The van der Waals surface area contributed by atoms with E-state index in [1.807, 2.05) is 7.05 Å². The zero-order chi connectivity index (χ0) is 32.9. The van der Waals surface area contributed by atoms with Crippen LogP contribution in [0.3, 0.4) is 0 Å². The van der Waals surface area contributed by atoms with E-state index in [4.69, 9.17) is 23.7 Å². The lowest BCUT2D eigenvalue weighted by atomic mass is 10.1. The number of nitrogens with one attached hydrogen (secondary N) is 4. The molecule has 0 saturated heterocycles. The van der Waals surface area contributed by atoms with E-state index in [1.165, 1.54) is 25.2 Å². The number of rotatable bonds is 25. The number of amides is 5. The van der Waals surface area contributed by atoms with Crippen molar-refractivity contribution in [1.29, 1.82) is 0 Å². The molecular weight excluding hydrogens is 594 g/mol. The van der Waals surface area contributed by atoms with Gasteiger partial charge in [0, 0.05) is 26.6 Å². The largest absolute Gasteiger partial charge is 0.378 e. The van der Waals surface area contributed by atoms with E-state index >= 15 is 0 Å². The van der Waals surface area contributed by atoms with Crippen LogP contribution in [-0.4, -0.2) is 140 Å². The number of nitrogens with zero attached hydrogens (tertiary/aromatic N) is 1. The lowest BCUT2D eigenvalue weighted by Crippen LogP contribution is -2.48. The molecule has 0 bridgehead atoms. The number of likely N-dealkylation sites (N-methyl/N-ethyl adjacent to an activating group) is 2. The van der Waals surface area contributed by atoms with Gasteiger partial charge in [0.25, 0.3) is 11.8 Å². The van der Waals surface area contributed by atoms with Gasteiger partial charge in [-0.05, 0) is 25.6 Å². The SMILES string of the molecule is CNCCOCCOCCNC(=O)COCCOCCOCC(=O)Nc1cccc2c1C(=O)N(C(CCC=O)C(=O)NC)C2=O. The maximum atomic E-state index is 13.2. The van der Waals surface area contributed by atoms with Crippen molar-refractivity contribution in [2.24, 2.45) is 0 Å².